The molecule has 0 unspecified atom stereocenters. The Morgan fingerprint density at radius 2 is 1.68 bits per heavy atom. The molecule has 1 aromatic heterocycles. The highest BCUT2D eigenvalue weighted by Gasteiger charge is 2.13. The molecule has 2 rings (SSSR count). The summed E-state index contributed by atoms with van der Waals surface area (Å²) in [6.45, 7) is 0.432. The van der Waals surface area contributed by atoms with Crippen LogP contribution in [0, 0.1) is 0 Å². The second kappa shape index (κ2) is 7.78. The van der Waals surface area contributed by atoms with E-state index in [9.17, 15) is 9.59 Å². The fraction of sp³-hybridized carbons (Fsp3) is 0.188. The number of para-hydroxylation sites is 1. The highest BCUT2D eigenvalue weighted by molar-refractivity contribution is 6.35. The van der Waals surface area contributed by atoms with Crippen molar-refractivity contribution >= 4 is 11.8 Å². The van der Waals surface area contributed by atoms with Crippen LogP contribution in [0.3, 0.4) is 0 Å². The van der Waals surface area contributed by atoms with Crippen LogP contribution in [0.5, 0.6) is 5.75 Å². The molecule has 114 valence electrons. The number of rotatable bonds is 5. The molecule has 1 heterocycles. The Kier molecular flexibility index (Phi) is 5.48. The van der Waals surface area contributed by atoms with Crippen molar-refractivity contribution in [2.75, 3.05) is 7.11 Å². The molecule has 0 fully saturated rings. The molecule has 2 aromatic rings. The number of pyridine rings is 1. The molecular formula is C16H17N3O3. The van der Waals surface area contributed by atoms with Gasteiger partial charge >= 0.3 is 11.8 Å². The van der Waals surface area contributed by atoms with E-state index in [1.54, 1.807) is 31.5 Å². The molecule has 2 N–H and O–H groups in total. The van der Waals surface area contributed by atoms with E-state index in [1.807, 2.05) is 24.3 Å². The normalized spacial score (nSPS) is 9.86. The fourth-order valence-corrected chi connectivity index (χ4v) is 1.86. The van der Waals surface area contributed by atoms with Crippen LogP contribution in [0.4, 0.5) is 0 Å². The molecule has 1 aromatic carbocycles. The van der Waals surface area contributed by atoms with Gasteiger partial charge in [0, 0.05) is 18.3 Å². The van der Waals surface area contributed by atoms with Crippen LogP contribution in [-0.2, 0) is 22.7 Å². The Morgan fingerprint density at radius 3 is 2.36 bits per heavy atom. The molecule has 2 amide bonds. The topological polar surface area (TPSA) is 80.3 Å². The zero-order valence-corrected chi connectivity index (χ0v) is 12.2. The van der Waals surface area contributed by atoms with Gasteiger partial charge in [0.15, 0.2) is 0 Å². The summed E-state index contributed by atoms with van der Waals surface area (Å²) in [5.41, 5.74) is 1.49. The van der Waals surface area contributed by atoms with Crippen molar-refractivity contribution in [1.82, 2.24) is 15.6 Å². The number of hydrogen-bond donors (Lipinski definition) is 2. The molecule has 0 bridgehead atoms. The molecule has 0 atom stereocenters. The number of carbonyl (C=O) groups excluding carboxylic acids is 2. The number of benzene rings is 1. The molecule has 0 aliphatic carbocycles. The molecule has 0 aliphatic heterocycles. The van der Waals surface area contributed by atoms with Crippen LogP contribution in [0.1, 0.15) is 11.3 Å². The lowest BCUT2D eigenvalue weighted by Crippen LogP contribution is -2.39. The first-order valence-corrected chi connectivity index (χ1v) is 6.78. The number of methoxy groups -OCH3 is 1. The number of ether oxygens (including phenoxy) is 1. The van der Waals surface area contributed by atoms with E-state index in [2.05, 4.69) is 15.6 Å². The minimum atomic E-state index is -0.694. The van der Waals surface area contributed by atoms with E-state index in [-0.39, 0.29) is 13.1 Å². The Hall–Kier alpha value is -2.89. The molecule has 22 heavy (non-hydrogen) atoms. The van der Waals surface area contributed by atoms with Gasteiger partial charge < -0.3 is 15.4 Å². The molecule has 0 spiro atoms. The smallest absolute Gasteiger partial charge is 0.309 e. The monoisotopic (exact) mass is 299 g/mol. The summed E-state index contributed by atoms with van der Waals surface area (Å²) in [7, 11) is 1.56. The van der Waals surface area contributed by atoms with E-state index < -0.39 is 11.8 Å². The van der Waals surface area contributed by atoms with E-state index >= 15 is 0 Å². The van der Waals surface area contributed by atoms with Crippen LogP contribution >= 0.6 is 0 Å². The number of amides is 2. The average molecular weight is 299 g/mol. The van der Waals surface area contributed by atoms with E-state index in [0.717, 1.165) is 5.56 Å². The van der Waals surface area contributed by atoms with E-state index in [1.165, 1.54) is 0 Å². The lowest BCUT2D eigenvalue weighted by atomic mass is 10.2. The first-order valence-electron chi connectivity index (χ1n) is 6.78. The Bertz CT molecular complexity index is 644. The quantitative estimate of drug-likeness (QED) is 0.808. The van der Waals surface area contributed by atoms with Gasteiger partial charge in [-0.1, -0.05) is 24.3 Å². The lowest BCUT2D eigenvalue weighted by molar-refractivity contribution is -0.139. The van der Waals surface area contributed by atoms with Crippen LogP contribution < -0.4 is 15.4 Å². The van der Waals surface area contributed by atoms with Gasteiger partial charge in [0.1, 0.15) is 5.75 Å². The van der Waals surface area contributed by atoms with Crippen LogP contribution in [0.25, 0.3) is 0 Å². The van der Waals surface area contributed by atoms with Crippen molar-refractivity contribution in [3.8, 4) is 5.75 Å². The minimum Gasteiger partial charge on any atom is -0.496 e. The van der Waals surface area contributed by atoms with E-state index in [0.29, 0.717) is 11.4 Å². The second-order valence-electron chi connectivity index (χ2n) is 4.50. The summed E-state index contributed by atoms with van der Waals surface area (Å²) in [6, 6.07) is 12.7. The van der Waals surface area contributed by atoms with Gasteiger partial charge in [-0.25, -0.2) is 0 Å². The summed E-state index contributed by atoms with van der Waals surface area (Å²) in [6.07, 6.45) is 1.63. The lowest BCUT2D eigenvalue weighted by Gasteiger charge is -2.09. The standard InChI is InChI=1S/C16H17N3O3/c1-22-14-8-3-2-6-12(14)10-18-15(20)16(21)19-11-13-7-4-5-9-17-13/h2-9H,10-11H2,1H3,(H,18,20)(H,19,21). The van der Waals surface area contributed by atoms with Gasteiger partial charge in [-0.05, 0) is 18.2 Å². The van der Waals surface area contributed by atoms with Crippen LogP contribution in [0.2, 0.25) is 0 Å². The van der Waals surface area contributed by atoms with Crippen molar-refractivity contribution in [2.24, 2.45) is 0 Å². The van der Waals surface area contributed by atoms with Crippen molar-refractivity contribution in [3.63, 3.8) is 0 Å². The largest absolute Gasteiger partial charge is 0.496 e. The van der Waals surface area contributed by atoms with E-state index in [4.69, 9.17) is 4.74 Å². The van der Waals surface area contributed by atoms with Crippen molar-refractivity contribution in [2.45, 2.75) is 13.1 Å². The molecule has 0 radical (unpaired) electrons. The van der Waals surface area contributed by atoms with Gasteiger partial charge in [0.05, 0.1) is 19.3 Å². The number of nitrogens with zero attached hydrogens (tertiary/aromatic N) is 1. The van der Waals surface area contributed by atoms with Gasteiger partial charge in [0.25, 0.3) is 0 Å². The SMILES string of the molecule is COc1ccccc1CNC(=O)C(=O)NCc1ccccn1. The summed E-state index contributed by atoms with van der Waals surface area (Å²) >= 11 is 0. The maximum absolute atomic E-state index is 11.8. The number of nitrogens with one attached hydrogen (secondary N) is 2. The third-order valence-electron chi connectivity index (χ3n) is 2.99. The average Bonchev–Trinajstić information content (AvgIpc) is 2.58. The molecule has 6 nitrogen and oxygen atoms in total. The molecule has 0 saturated heterocycles. The summed E-state index contributed by atoms with van der Waals surface area (Å²) in [5, 5.41) is 5.08. The summed E-state index contributed by atoms with van der Waals surface area (Å²) in [5.74, 6) is -0.723. The highest BCUT2D eigenvalue weighted by Crippen LogP contribution is 2.16. The van der Waals surface area contributed by atoms with Crippen molar-refractivity contribution in [1.29, 1.82) is 0 Å². The second-order valence-corrected chi connectivity index (χ2v) is 4.50. The van der Waals surface area contributed by atoms with Crippen LogP contribution in [-0.4, -0.2) is 23.9 Å². The van der Waals surface area contributed by atoms with Gasteiger partial charge in [-0.15, -0.1) is 0 Å². The van der Waals surface area contributed by atoms with Crippen LogP contribution in [0.15, 0.2) is 48.7 Å². The molecular weight excluding hydrogens is 282 g/mol. The van der Waals surface area contributed by atoms with Gasteiger partial charge in [0.2, 0.25) is 0 Å². The van der Waals surface area contributed by atoms with Crippen molar-refractivity contribution < 1.29 is 14.3 Å². The predicted molar refractivity (Wildman–Crippen MR) is 80.9 cm³/mol. The number of aromatic nitrogens is 1. The summed E-state index contributed by atoms with van der Waals surface area (Å²) in [4.78, 5) is 27.5. The highest BCUT2D eigenvalue weighted by atomic mass is 16.5. The first kappa shape index (κ1) is 15.5. The third kappa shape index (κ3) is 4.31. The van der Waals surface area contributed by atoms with Gasteiger partial charge in [-0.2, -0.15) is 0 Å². The van der Waals surface area contributed by atoms with Crippen molar-refractivity contribution in [3.05, 3.63) is 59.9 Å². The van der Waals surface area contributed by atoms with Gasteiger partial charge in [-0.3, -0.25) is 14.6 Å². The number of hydrogen-bond acceptors (Lipinski definition) is 4. The Balaban J connectivity index is 1.83. The Labute approximate surface area is 128 Å². The molecule has 0 saturated carbocycles. The molecule has 0 aliphatic rings. The minimum absolute atomic E-state index is 0.210. The summed E-state index contributed by atoms with van der Waals surface area (Å²) < 4.78 is 5.18. The predicted octanol–water partition coefficient (Wildman–Crippen LogP) is 1.02. The first-order chi connectivity index (χ1) is 10.7. The Morgan fingerprint density at radius 1 is 1.00 bits per heavy atom. The third-order valence-corrected chi connectivity index (χ3v) is 2.99. The zero-order valence-electron chi connectivity index (χ0n) is 12.2. The maximum Gasteiger partial charge on any atom is 0.309 e. The zero-order chi connectivity index (χ0) is 15.8. The fourth-order valence-electron chi connectivity index (χ4n) is 1.86. The molecule has 6 heteroatoms. The maximum atomic E-state index is 11.8. The number of carbonyl (C=O) groups is 2.